The molecule has 176 valence electrons. The minimum absolute atomic E-state index is 0. The average Bonchev–Trinajstić information content (AvgIpc) is 3.26. The molecular weight excluding hydrogens is 523 g/mol. The fourth-order valence-electron chi connectivity index (χ4n) is 4.51. The fraction of sp³-hybridized carbons (Fsp3) is 0.696. The molecule has 1 aromatic rings. The van der Waals surface area contributed by atoms with Crippen LogP contribution < -0.4 is 20.3 Å². The summed E-state index contributed by atoms with van der Waals surface area (Å²) in [4.78, 5) is 7.33. The third-order valence-corrected chi connectivity index (χ3v) is 7.92. The Balaban J connectivity index is 0.00000341. The van der Waals surface area contributed by atoms with Crippen molar-refractivity contribution < 1.29 is 8.95 Å². The Morgan fingerprint density at radius 2 is 2.13 bits per heavy atom. The van der Waals surface area contributed by atoms with Crippen LogP contribution >= 0.6 is 24.0 Å². The summed E-state index contributed by atoms with van der Waals surface area (Å²) in [5.74, 6) is 3.13. The third kappa shape index (κ3) is 7.80. The summed E-state index contributed by atoms with van der Waals surface area (Å²) < 4.78 is 17.6. The Labute approximate surface area is 207 Å². The van der Waals surface area contributed by atoms with Gasteiger partial charge in [-0.15, -0.1) is 24.0 Å². The number of hydrogen-bond donors (Lipinski definition) is 2. The van der Waals surface area contributed by atoms with Gasteiger partial charge in [-0.25, -0.2) is 0 Å². The van der Waals surface area contributed by atoms with Crippen molar-refractivity contribution in [1.82, 2.24) is 10.6 Å². The minimum Gasteiger partial charge on any atom is -0.497 e. The summed E-state index contributed by atoms with van der Waals surface area (Å²) in [5, 5.41) is 7.35. The van der Waals surface area contributed by atoms with Crippen LogP contribution in [0, 0.1) is 5.92 Å². The van der Waals surface area contributed by atoms with Gasteiger partial charge in [-0.1, -0.05) is 19.4 Å². The average molecular weight is 563 g/mol. The molecule has 1 saturated carbocycles. The molecule has 2 N–H and O–H groups in total. The molecule has 3 rings (SSSR count). The lowest BCUT2D eigenvalue weighted by atomic mass is 9.95. The normalized spacial score (nSPS) is 24.9. The number of anilines is 1. The molecule has 0 radical (unpaired) electrons. The van der Waals surface area contributed by atoms with Crippen LogP contribution in [-0.4, -0.2) is 60.5 Å². The Bertz CT molecular complexity index is 733. The minimum atomic E-state index is -0.698. The maximum Gasteiger partial charge on any atom is 0.191 e. The van der Waals surface area contributed by atoms with Crippen molar-refractivity contribution in [2.24, 2.45) is 10.9 Å². The molecule has 1 aromatic carbocycles. The van der Waals surface area contributed by atoms with Crippen molar-refractivity contribution in [3.63, 3.8) is 0 Å². The summed E-state index contributed by atoms with van der Waals surface area (Å²) in [5.41, 5.74) is 1.23. The molecule has 1 heterocycles. The molecule has 0 spiro atoms. The first-order chi connectivity index (χ1) is 14.6. The zero-order valence-corrected chi connectivity index (χ0v) is 22.3. The van der Waals surface area contributed by atoms with E-state index in [1.807, 2.05) is 13.0 Å². The fourth-order valence-corrected chi connectivity index (χ4v) is 5.86. The smallest absolute Gasteiger partial charge is 0.191 e. The quantitative estimate of drug-likeness (QED) is 0.287. The number of hydrogen-bond acceptors (Lipinski definition) is 4. The summed E-state index contributed by atoms with van der Waals surface area (Å²) in [6.07, 6.45) is 5.51. The molecule has 1 aliphatic heterocycles. The van der Waals surface area contributed by atoms with Gasteiger partial charge in [0.15, 0.2) is 5.96 Å². The van der Waals surface area contributed by atoms with Crippen molar-refractivity contribution in [3.05, 3.63) is 24.3 Å². The second-order valence-electron chi connectivity index (χ2n) is 8.32. The van der Waals surface area contributed by atoms with E-state index in [9.17, 15) is 4.21 Å². The molecule has 4 atom stereocenters. The lowest BCUT2D eigenvalue weighted by molar-refractivity contribution is 0.413. The predicted octanol–water partition coefficient (Wildman–Crippen LogP) is 3.77. The van der Waals surface area contributed by atoms with E-state index < -0.39 is 10.8 Å². The number of ether oxygens (including phenoxy) is 1. The van der Waals surface area contributed by atoms with Crippen molar-refractivity contribution >= 4 is 46.4 Å². The number of halogens is 1. The molecule has 8 heteroatoms. The molecule has 4 unspecified atom stereocenters. The van der Waals surface area contributed by atoms with Crippen LogP contribution in [0.15, 0.2) is 29.3 Å². The highest BCUT2D eigenvalue weighted by Crippen LogP contribution is 2.27. The van der Waals surface area contributed by atoms with Gasteiger partial charge < -0.3 is 20.3 Å². The van der Waals surface area contributed by atoms with E-state index in [1.165, 1.54) is 5.69 Å². The van der Waals surface area contributed by atoms with Gasteiger partial charge in [-0.3, -0.25) is 9.20 Å². The van der Waals surface area contributed by atoms with E-state index in [1.54, 1.807) is 7.11 Å². The van der Waals surface area contributed by atoms with Crippen LogP contribution in [0.3, 0.4) is 0 Å². The first-order valence-electron chi connectivity index (χ1n) is 11.4. The van der Waals surface area contributed by atoms with Crippen molar-refractivity contribution in [2.75, 3.05) is 43.9 Å². The van der Waals surface area contributed by atoms with Crippen molar-refractivity contribution in [1.29, 1.82) is 0 Å². The van der Waals surface area contributed by atoms with Crippen molar-refractivity contribution in [2.45, 2.75) is 57.2 Å². The van der Waals surface area contributed by atoms with Crippen LogP contribution in [0.1, 0.15) is 46.0 Å². The van der Waals surface area contributed by atoms with E-state index in [0.29, 0.717) is 17.2 Å². The molecular formula is C23H39IN4O2S. The van der Waals surface area contributed by atoms with Crippen LogP contribution in [0.5, 0.6) is 5.75 Å². The van der Waals surface area contributed by atoms with Crippen molar-refractivity contribution in [3.8, 4) is 5.75 Å². The highest BCUT2D eigenvalue weighted by molar-refractivity contribution is 14.0. The van der Waals surface area contributed by atoms with Gasteiger partial charge >= 0.3 is 0 Å². The highest BCUT2D eigenvalue weighted by atomic mass is 127. The summed E-state index contributed by atoms with van der Waals surface area (Å²) in [6, 6.07) is 8.67. The SMILES string of the molecule is CCNC(=NCC1CCN(c2cccc(OC)c2)C1)NC1CCCC(S(=O)CC)C1.I. The summed E-state index contributed by atoms with van der Waals surface area (Å²) >= 11 is 0. The first kappa shape index (κ1) is 26.2. The second kappa shape index (κ2) is 13.5. The molecule has 1 saturated heterocycles. The molecule has 1 aliphatic carbocycles. The van der Waals surface area contributed by atoms with E-state index in [4.69, 9.17) is 9.73 Å². The number of nitrogens with one attached hydrogen (secondary N) is 2. The number of rotatable bonds is 8. The van der Waals surface area contributed by atoms with Gasteiger partial charge in [0.05, 0.1) is 7.11 Å². The van der Waals surface area contributed by atoms with Crippen LogP contribution in [0.25, 0.3) is 0 Å². The number of guanidine groups is 1. The van der Waals surface area contributed by atoms with Gasteiger partial charge in [0.1, 0.15) is 5.75 Å². The number of aliphatic imine (C=N–C) groups is 1. The number of methoxy groups -OCH3 is 1. The number of benzene rings is 1. The Morgan fingerprint density at radius 1 is 1.29 bits per heavy atom. The maximum atomic E-state index is 12.2. The van der Waals surface area contributed by atoms with E-state index in [2.05, 4.69) is 40.7 Å². The lowest BCUT2D eigenvalue weighted by Crippen LogP contribution is -2.46. The highest BCUT2D eigenvalue weighted by Gasteiger charge is 2.27. The van der Waals surface area contributed by atoms with Crippen LogP contribution in [0.4, 0.5) is 5.69 Å². The zero-order chi connectivity index (χ0) is 21.3. The van der Waals surface area contributed by atoms with Gasteiger partial charge in [-0.2, -0.15) is 0 Å². The number of nitrogens with zero attached hydrogens (tertiary/aromatic N) is 2. The Hall–Kier alpha value is -1.03. The monoisotopic (exact) mass is 562 g/mol. The van der Waals surface area contributed by atoms with Gasteiger partial charge in [-0.05, 0) is 50.7 Å². The summed E-state index contributed by atoms with van der Waals surface area (Å²) in [6.45, 7) is 7.89. The maximum absolute atomic E-state index is 12.2. The van der Waals surface area contributed by atoms with Gasteiger partial charge in [0.25, 0.3) is 0 Å². The molecule has 2 fully saturated rings. The van der Waals surface area contributed by atoms with Crippen LogP contribution in [-0.2, 0) is 10.8 Å². The third-order valence-electron chi connectivity index (χ3n) is 6.18. The lowest BCUT2D eigenvalue weighted by Gasteiger charge is -2.30. The molecule has 2 aliphatic rings. The topological polar surface area (TPSA) is 66.0 Å². The standard InChI is InChI=1S/C23H38N4O2S.HI/c1-4-24-23(26-19-8-6-11-22(14-19)30(28)5-2)25-16-18-12-13-27(17-18)20-9-7-10-21(15-20)29-3;/h7,9-10,15,18-19,22H,4-6,8,11-14,16-17H2,1-3H3,(H2,24,25,26);1H. The largest absolute Gasteiger partial charge is 0.497 e. The Kier molecular flexibility index (Phi) is 11.4. The zero-order valence-electron chi connectivity index (χ0n) is 19.1. The predicted molar refractivity (Wildman–Crippen MR) is 143 cm³/mol. The molecule has 0 aromatic heterocycles. The molecule has 0 amide bonds. The van der Waals surface area contributed by atoms with Crippen LogP contribution in [0.2, 0.25) is 0 Å². The van der Waals surface area contributed by atoms with E-state index >= 15 is 0 Å². The molecule has 0 bridgehead atoms. The second-order valence-corrected chi connectivity index (χ2v) is 10.3. The first-order valence-corrected chi connectivity index (χ1v) is 12.8. The summed E-state index contributed by atoms with van der Waals surface area (Å²) in [7, 11) is 1.01. The molecule has 6 nitrogen and oxygen atoms in total. The molecule has 31 heavy (non-hydrogen) atoms. The van der Waals surface area contributed by atoms with E-state index in [0.717, 1.165) is 75.7 Å². The van der Waals surface area contributed by atoms with Gasteiger partial charge in [0, 0.05) is 65.8 Å². The van der Waals surface area contributed by atoms with Gasteiger partial charge in [0.2, 0.25) is 0 Å². The Morgan fingerprint density at radius 3 is 2.87 bits per heavy atom. The van der Waals surface area contributed by atoms with E-state index in [-0.39, 0.29) is 24.0 Å².